The molecule has 0 radical (unpaired) electrons. The van der Waals surface area contributed by atoms with Gasteiger partial charge in [-0.25, -0.2) is 9.79 Å². The number of thiocarbonyl (C=S) groups is 1. The number of hydrogen-bond acceptors (Lipinski definition) is 8. The Labute approximate surface area is 232 Å². The van der Waals surface area contributed by atoms with Crippen LogP contribution in [0, 0.1) is 12.8 Å². The van der Waals surface area contributed by atoms with Gasteiger partial charge in [-0.15, -0.1) is 0 Å². The first-order valence-electron chi connectivity index (χ1n) is 12.2. The van der Waals surface area contributed by atoms with Gasteiger partial charge in [0.05, 0.1) is 34.1 Å². The number of fused-ring (bicyclic) bond motifs is 1. The summed E-state index contributed by atoms with van der Waals surface area (Å²) < 4.78 is 6.88. The van der Waals surface area contributed by atoms with Crippen molar-refractivity contribution in [3.05, 3.63) is 96.7 Å². The molecule has 2 atom stereocenters. The molecule has 0 unspecified atom stereocenters. The predicted molar refractivity (Wildman–Crippen MR) is 151 cm³/mol. The van der Waals surface area contributed by atoms with Crippen LogP contribution < -0.4 is 25.1 Å². The van der Waals surface area contributed by atoms with Gasteiger partial charge in [-0.1, -0.05) is 59.4 Å². The van der Waals surface area contributed by atoms with Crippen LogP contribution in [-0.2, 0) is 19.1 Å². The molecule has 5 rings (SSSR count). The highest BCUT2D eigenvalue weighted by atomic mass is 32.1. The van der Waals surface area contributed by atoms with E-state index in [9.17, 15) is 19.2 Å². The summed E-state index contributed by atoms with van der Waals surface area (Å²) in [5.74, 6) is -3.05. The number of anilines is 1. The normalized spacial score (nSPS) is 19.5. The van der Waals surface area contributed by atoms with Crippen molar-refractivity contribution in [1.82, 2.24) is 9.88 Å². The zero-order valence-corrected chi connectivity index (χ0v) is 23.0. The third-order valence-electron chi connectivity index (χ3n) is 6.44. The highest BCUT2D eigenvalue weighted by Gasteiger charge is 2.39. The van der Waals surface area contributed by atoms with Gasteiger partial charge in [0, 0.05) is 0 Å². The van der Waals surface area contributed by atoms with Crippen LogP contribution in [0.4, 0.5) is 5.69 Å². The second-order valence-corrected chi connectivity index (χ2v) is 10.4. The number of ether oxygens (including phenoxy) is 1. The molecule has 2 aliphatic rings. The van der Waals surface area contributed by atoms with Gasteiger partial charge in [-0.3, -0.25) is 23.9 Å². The van der Waals surface area contributed by atoms with Crippen LogP contribution >= 0.6 is 23.6 Å². The summed E-state index contributed by atoms with van der Waals surface area (Å²) in [6.45, 7) is 5.51. The van der Waals surface area contributed by atoms with Crippen LogP contribution in [0.5, 0.6) is 0 Å². The zero-order valence-electron chi connectivity index (χ0n) is 21.3. The molecule has 2 aromatic carbocycles. The Morgan fingerprint density at radius 2 is 1.79 bits per heavy atom. The highest BCUT2D eigenvalue weighted by Crippen LogP contribution is 2.31. The number of nitrogens with zero attached hydrogens (tertiary/aromatic N) is 3. The van der Waals surface area contributed by atoms with Crippen LogP contribution in [-0.4, -0.2) is 34.1 Å². The summed E-state index contributed by atoms with van der Waals surface area (Å²) >= 11 is 6.31. The fraction of sp³-hybridized carbons (Fsp3) is 0.214. The fourth-order valence-corrected chi connectivity index (χ4v) is 5.93. The summed E-state index contributed by atoms with van der Waals surface area (Å²) in [4.78, 5) is 59.3. The summed E-state index contributed by atoms with van der Waals surface area (Å²) in [7, 11) is 0. The Bertz CT molecular complexity index is 1720. The van der Waals surface area contributed by atoms with E-state index in [2.05, 4.69) is 10.3 Å². The molecule has 3 aromatic rings. The number of amides is 2. The van der Waals surface area contributed by atoms with Crippen LogP contribution in [0.25, 0.3) is 6.08 Å². The number of hydrogen-bond donors (Lipinski definition) is 1. The molecule has 1 fully saturated rings. The van der Waals surface area contributed by atoms with Gasteiger partial charge >= 0.3 is 5.97 Å². The molecule has 2 amide bonds. The molecule has 0 aliphatic carbocycles. The van der Waals surface area contributed by atoms with Crippen molar-refractivity contribution in [1.29, 1.82) is 0 Å². The summed E-state index contributed by atoms with van der Waals surface area (Å²) in [6.07, 6.45) is 1.34. The minimum absolute atomic E-state index is 0.0311. The minimum Gasteiger partial charge on any atom is -0.463 e. The first-order valence-corrected chi connectivity index (χ1v) is 13.4. The third-order valence-corrected chi connectivity index (χ3v) is 7.73. The summed E-state index contributed by atoms with van der Waals surface area (Å²) in [5.41, 5.74) is 2.44. The standard InChI is InChI=1S/C28H24N4O5S2/c1-4-37-26(36)21-16(3)29-28-32(22(21)17-12-10-15(2)11-13-17)25(35)20(39-28)14-19-23(33)30-27(38)31(24(19)34)18-8-6-5-7-9-18/h5-14,19,22H,4H2,1-3H3,(H,30,33,38)/b20-14+/t19-,22-/m1/s1. The maximum atomic E-state index is 13.8. The van der Waals surface area contributed by atoms with Crippen molar-refractivity contribution in [2.45, 2.75) is 26.8 Å². The van der Waals surface area contributed by atoms with Crippen molar-refractivity contribution in [3.63, 3.8) is 0 Å². The lowest BCUT2D eigenvalue weighted by molar-refractivity contribution is -0.139. The molecule has 0 spiro atoms. The molecule has 1 saturated heterocycles. The van der Waals surface area contributed by atoms with Crippen LogP contribution in [0.1, 0.15) is 31.0 Å². The maximum Gasteiger partial charge on any atom is 0.338 e. The number of para-hydroxylation sites is 1. The van der Waals surface area contributed by atoms with E-state index in [1.54, 1.807) is 44.2 Å². The van der Waals surface area contributed by atoms with E-state index in [4.69, 9.17) is 17.0 Å². The van der Waals surface area contributed by atoms with E-state index in [-0.39, 0.29) is 21.8 Å². The Balaban J connectivity index is 1.65. The number of carbonyl (C=O) groups excluding carboxylic acids is 3. The molecule has 1 aromatic heterocycles. The molecule has 39 heavy (non-hydrogen) atoms. The molecule has 0 saturated carbocycles. The van der Waals surface area contributed by atoms with E-state index in [1.807, 2.05) is 31.2 Å². The van der Waals surface area contributed by atoms with Gasteiger partial charge in [0.15, 0.2) is 9.91 Å². The number of benzene rings is 2. The van der Waals surface area contributed by atoms with E-state index in [0.717, 1.165) is 16.9 Å². The zero-order chi connectivity index (χ0) is 27.8. The quantitative estimate of drug-likeness (QED) is 0.291. The number of nitrogens with one attached hydrogen (secondary N) is 1. The average molecular weight is 561 g/mol. The lowest BCUT2D eigenvalue weighted by Gasteiger charge is -2.31. The topological polar surface area (TPSA) is 110 Å². The first-order chi connectivity index (χ1) is 18.7. The molecule has 0 bridgehead atoms. The second kappa shape index (κ2) is 10.5. The van der Waals surface area contributed by atoms with E-state index < -0.39 is 35.3 Å². The van der Waals surface area contributed by atoms with Gasteiger partial charge < -0.3 is 10.1 Å². The molecular formula is C28H24N4O5S2. The van der Waals surface area contributed by atoms with Crippen LogP contribution in [0.2, 0.25) is 0 Å². The highest BCUT2D eigenvalue weighted by molar-refractivity contribution is 7.80. The van der Waals surface area contributed by atoms with Crippen molar-refractivity contribution in [2.24, 2.45) is 10.9 Å². The number of aryl methyl sites for hydroxylation is 1. The predicted octanol–water partition coefficient (Wildman–Crippen LogP) is 2.12. The molecule has 1 N–H and O–H groups in total. The number of rotatable bonds is 5. The van der Waals surface area contributed by atoms with Gasteiger partial charge in [0.2, 0.25) is 11.8 Å². The van der Waals surface area contributed by atoms with Crippen molar-refractivity contribution in [3.8, 4) is 0 Å². The van der Waals surface area contributed by atoms with Gasteiger partial charge in [0.1, 0.15) is 5.92 Å². The minimum atomic E-state index is -1.29. The molecule has 3 heterocycles. The van der Waals surface area contributed by atoms with Gasteiger partial charge in [0.25, 0.3) is 5.56 Å². The number of carbonyl (C=O) groups is 3. The third kappa shape index (κ3) is 4.75. The Morgan fingerprint density at radius 3 is 2.46 bits per heavy atom. The van der Waals surface area contributed by atoms with E-state index in [1.165, 1.54) is 15.5 Å². The molecule has 2 aliphatic heterocycles. The van der Waals surface area contributed by atoms with Gasteiger partial charge in [-0.05, 0) is 56.8 Å². The van der Waals surface area contributed by atoms with Crippen LogP contribution in [0.3, 0.4) is 0 Å². The van der Waals surface area contributed by atoms with Crippen molar-refractivity contribution >= 4 is 58.2 Å². The maximum absolute atomic E-state index is 13.8. The van der Waals surface area contributed by atoms with Crippen LogP contribution in [0.15, 0.2) is 75.7 Å². The summed E-state index contributed by atoms with van der Waals surface area (Å²) in [6, 6.07) is 15.4. The Kier molecular flexibility index (Phi) is 7.11. The monoisotopic (exact) mass is 560 g/mol. The first kappa shape index (κ1) is 26.4. The largest absolute Gasteiger partial charge is 0.463 e. The lowest BCUT2D eigenvalue weighted by Crippen LogP contribution is -2.58. The molecule has 9 nitrogen and oxygen atoms in total. The fourth-order valence-electron chi connectivity index (χ4n) is 4.58. The SMILES string of the molecule is CCOC(=O)C1=C(C)N=c2s/c(=C/[C@@H]3C(=O)NC(=S)N(c4ccccc4)C3=O)c(=O)n2[C@@H]1c1ccc(C)cc1. The number of aromatic nitrogens is 1. The Morgan fingerprint density at radius 1 is 1.10 bits per heavy atom. The van der Waals surface area contributed by atoms with Gasteiger partial charge in [-0.2, -0.15) is 0 Å². The summed E-state index contributed by atoms with van der Waals surface area (Å²) in [5, 5.41) is 2.53. The number of allylic oxidation sites excluding steroid dienone is 1. The Hall–Kier alpha value is -4.22. The average Bonchev–Trinajstić information content (AvgIpc) is 3.21. The smallest absolute Gasteiger partial charge is 0.338 e. The molecule has 198 valence electrons. The number of thiazole rings is 1. The molecule has 11 heteroatoms. The lowest BCUT2D eigenvalue weighted by atomic mass is 9.95. The van der Waals surface area contributed by atoms with E-state index in [0.29, 0.717) is 21.7 Å². The number of esters is 1. The second-order valence-electron chi connectivity index (χ2n) is 9.02. The van der Waals surface area contributed by atoms with Crippen molar-refractivity contribution < 1.29 is 19.1 Å². The van der Waals surface area contributed by atoms with Crippen molar-refractivity contribution in [2.75, 3.05) is 11.5 Å². The molecular weight excluding hydrogens is 536 g/mol. The van der Waals surface area contributed by atoms with E-state index >= 15 is 0 Å².